The number of halogens is 4. The molecule has 1 saturated heterocycles. The summed E-state index contributed by atoms with van der Waals surface area (Å²) in [5, 5.41) is 11.0. The van der Waals surface area contributed by atoms with Gasteiger partial charge in [-0.2, -0.15) is 5.26 Å². The minimum atomic E-state index is -1.61. The fraction of sp³-hybridized carbons (Fsp3) is 0.414. The lowest BCUT2D eigenvalue weighted by Gasteiger charge is -2.41. The molecule has 200 valence electrons. The Kier molecular flexibility index (Phi) is 7.62. The number of amides is 1. The lowest BCUT2D eigenvalue weighted by Crippen LogP contribution is -2.51. The van der Waals surface area contributed by atoms with Crippen molar-refractivity contribution in [3.63, 3.8) is 0 Å². The zero-order valence-electron chi connectivity index (χ0n) is 21.6. The first-order valence-electron chi connectivity index (χ1n) is 12.4. The van der Waals surface area contributed by atoms with E-state index in [1.807, 2.05) is 20.8 Å². The molecular weight excluding hydrogens is 531 g/mol. The van der Waals surface area contributed by atoms with Gasteiger partial charge in [0, 0.05) is 48.3 Å². The summed E-state index contributed by atoms with van der Waals surface area (Å²) in [6, 6.07) is 8.09. The molecule has 1 amide bonds. The summed E-state index contributed by atoms with van der Waals surface area (Å²) in [5.74, 6) is -3.34. The number of benzene rings is 1. The summed E-state index contributed by atoms with van der Waals surface area (Å²) >= 11 is 12.3. The zero-order chi connectivity index (χ0) is 28.0. The Hall–Kier alpha value is -2.95. The molecule has 2 aliphatic rings. The van der Waals surface area contributed by atoms with Gasteiger partial charge in [-0.15, -0.1) is 0 Å². The van der Waals surface area contributed by atoms with Crippen LogP contribution in [-0.2, 0) is 12.5 Å². The van der Waals surface area contributed by atoms with Crippen LogP contribution in [0.25, 0.3) is 0 Å². The molecule has 1 aromatic carbocycles. The first kappa shape index (κ1) is 28.1. The van der Waals surface area contributed by atoms with E-state index in [0.29, 0.717) is 6.42 Å². The maximum atomic E-state index is 15.8. The molecule has 1 unspecified atom stereocenters. The third-order valence-electron chi connectivity index (χ3n) is 7.47. The molecule has 0 bridgehead atoms. The van der Waals surface area contributed by atoms with Gasteiger partial charge in [-0.1, -0.05) is 56.1 Å². The van der Waals surface area contributed by atoms with Crippen LogP contribution in [0.5, 0.6) is 0 Å². The number of aromatic nitrogens is 1. The van der Waals surface area contributed by atoms with E-state index in [2.05, 4.69) is 6.07 Å². The van der Waals surface area contributed by atoms with Crippen molar-refractivity contribution in [3.8, 4) is 6.07 Å². The molecule has 0 N–H and O–H groups in total. The number of nitriles is 1. The van der Waals surface area contributed by atoms with Gasteiger partial charge in [0.05, 0.1) is 22.7 Å². The Balaban J connectivity index is 2.00. The highest BCUT2D eigenvalue weighted by molar-refractivity contribution is 6.31. The third kappa shape index (κ3) is 4.92. The number of pyridine rings is 1. The number of aryl methyl sites for hydroxylation is 1. The van der Waals surface area contributed by atoms with E-state index in [4.69, 9.17) is 23.2 Å². The van der Waals surface area contributed by atoms with Crippen molar-refractivity contribution in [1.82, 2.24) is 9.47 Å². The van der Waals surface area contributed by atoms with Crippen molar-refractivity contribution in [3.05, 3.63) is 91.9 Å². The third-order valence-corrected chi connectivity index (χ3v) is 8.01. The van der Waals surface area contributed by atoms with Crippen LogP contribution in [0.2, 0.25) is 5.02 Å². The van der Waals surface area contributed by atoms with E-state index in [1.54, 1.807) is 6.08 Å². The Labute approximate surface area is 231 Å². The second-order valence-corrected chi connectivity index (χ2v) is 12.1. The van der Waals surface area contributed by atoms with Crippen LogP contribution in [0, 0.1) is 34.4 Å². The van der Waals surface area contributed by atoms with Crippen molar-refractivity contribution in [2.75, 3.05) is 6.54 Å². The van der Waals surface area contributed by atoms with Crippen LogP contribution in [0.1, 0.15) is 49.5 Å². The first-order chi connectivity index (χ1) is 17.8. The van der Waals surface area contributed by atoms with E-state index in [0.717, 1.165) is 6.07 Å². The summed E-state index contributed by atoms with van der Waals surface area (Å²) in [6.45, 7) is 6.09. The monoisotopic (exact) mass is 559 g/mol. The second kappa shape index (κ2) is 10.3. The molecule has 38 heavy (non-hydrogen) atoms. The Bertz CT molecular complexity index is 1440. The predicted molar refractivity (Wildman–Crippen MR) is 144 cm³/mol. The molecule has 4 rings (SSSR count). The summed E-state index contributed by atoms with van der Waals surface area (Å²) in [5.41, 5.74) is -1.92. The average Bonchev–Trinajstić information content (AvgIpc) is 3.15. The molecule has 2 aromatic rings. The molecule has 1 aliphatic heterocycles. The number of hydrogen-bond donors (Lipinski definition) is 0. The second-order valence-electron chi connectivity index (χ2n) is 11.3. The van der Waals surface area contributed by atoms with Gasteiger partial charge in [-0.3, -0.25) is 9.59 Å². The Morgan fingerprint density at radius 3 is 2.53 bits per heavy atom. The van der Waals surface area contributed by atoms with Crippen molar-refractivity contribution < 1.29 is 13.6 Å². The van der Waals surface area contributed by atoms with Crippen LogP contribution < -0.4 is 5.56 Å². The normalized spacial score (nSPS) is 25.6. The van der Waals surface area contributed by atoms with Crippen LogP contribution in [-0.4, -0.2) is 28.0 Å². The van der Waals surface area contributed by atoms with Crippen molar-refractivity contribution in [2.24, 2.45) is 24.3 Å². The van der Waals surface area contributed by atoms with Gasteiger partial charge in [0.2, 0.25) is 5.56 Å². The summed E-state index contributed by atoms with van der Waals surface area (Å²) < 4.78 is 32.7. The van der Waals surface area contributed by atoms with Crippen LogP contribution in [0.15, 0.2) is 64.3 Å². The summed E-state index contributed by atoms with van der Waals surface area (Å²) in [6.07, 6.45) is 5.19. The average molecular weight is 560 g/mol. The van der Waals surface area contributed by atoms with Gasteiger partial charge >= 0.3 is 0 Å². The molecule has 0 spiro atoms. The van der Waals surface area contributed by atoms with Crippen molar-refractivity contribution in [1.29, 1.82) is 5.26 Å². The molecule has 0 saturated carbocycles. The number of allylic oxidation sites excluding steroid dienone is 3. The minimum Gasteiger partial charge on any atom is -0.333 e. The van der Waals surface area contributed by atoms with E-state index in [1.165, 1.54) is 53.1 Å². The van der Waals surface area contributed by atoms with E-state index < -0.39 is 40.8 Å². The van der Waals surface area contributed by atoms with E-state index in [-0.39, 0.29) is 45.1 Å². The van der Waals surface area contributed by atoms with Gasteiger partial charge in [-0.25, -0.2) is 8.78 Å². The van der Waals surface area contributed by atoms with Gasteiger partial charge in [0.1, 0.15) is 17.1 Å². The Morgan fingerprint density at radius 2 is 1.92 bits per heavy atom. The molecule has 9 heteroatoms. The standard InChI is InChI=1S/C29H29Cl2F2N3O2/c1-28(2,3)13-18-15-36(27(38)17-8-11-24(37)35(4)14-17)26(20-6-5-7-22(31)25(20)33)29(18,16-34)21-10-9-19(30)12-23(21)32/h5,7-12,14,18,20,26H,6,13,15H2,1-4H3/t18-,20?,26-,29-/m1/s1. The molecule has 2 heterocycles. The lowest BCUT2D eigenvalue weighted by molar-refractivity contribution is 0.0659. The quantitative estimate of drug-likeness (QED) is 0.428. The van der Waals surface area contributed by atoms with Crippen LogP contribution in [0.4, 0.5) is 8.78 Å². The zero-order valence-corrected chi connectivity index (χ0v) is 23.2. The van der Waals surface area contributed by atoms with Gasteiger partial charge in [0.15, 0.2) is 0 Å². The van der Waals surface area contributed by atoms with Crippen LogP contribution >= 0.6 is 23.2 Å². The fourth-order valence-electron chi connectivity index (χ4n) is 5.94. The fourth-order valence-corrected chi connectivity index (χ4v) is 6.33. The van der Waals surface area contributed by atoms with E-state index in [9.17, 15) is 14.9 Å². The SMILES string of the molecule is Cn1cc(C(=O)N2C[C@@H](CC(C)(C)C)[C@](C#N)(c3ccc(Cl)cc3F)[C@H]2C2CC=CC(Cl)=C2F)ccc1=O. The molecular formula is C29H29Cl2F2N3O2. The first-order valence-corrected chi connectivity index (χ1v) is 13.1. The Morgan fingerprint density at radius 1 is 1.21 bits per heavy atom. The van der Waals surface area contributed by atoms with E-state index >= 15 is 8.78 Å². The molecule has 0 radical (unpaired) electrons. The number of carbonyl (C=O) groups excluding carboxylic acids is 1. The molecule has 4 atom stereocenters. The summed E-state index contributed by atoms with van der Waals surface area (Å²) in [7, 11) is 1.53. The van der Waals surface area contributed by atoms with Gasteiger partial charge in [0.25, 0.3) is 5.91 Å². The number of likely N-dealkylation sites (tertiary alicyclic amines) is 1. The molecule has 1 aromatic heterocycles. The molecule has 1 fully saturated rings. The van der Waals surface area contributed by atoms with Crippen molar-refractivity contribution >= 4 is 29.1 Å². The summed E-state index contributed by atoms with van der Waals surface area (Å²) in [4.78, 5) is 27.5. The minimum absolute atomic E-state index is 0.0675. The predicted octanol–water partition coefficient (Wildman–Crippen LogP) is 6.51. The van der Waals surface area contributed by atoms with Gasteiger partial charge in [-0.05, 0) is 42.5 Å². The maximum absolute atomic E-state index is 15.8. The molecule has 1 aliphatic carbocycles. The number of carbonyl (C=O) groups is 1. The largest absolute Gasteiger partial charge is 0.333 e. The molecule has 5 nitrogen and oxygen atoms in total. The number of nitrogens with zero attached hydrogens (tertiary/aromatic N) is 3. The van der Waals surface area contributed by atoms with Gasteiger partial charge < -0.3 is 9.47 Å². The number of hydrogen-bond acceptors (Lipinski definition) is 3. The topological polar surface area (TPSA) is 66.1 Å². The van der Waals surface area contributed by atoms with Crippen molar-refractivity contribution in [2.45, 2.75) is 45.1 Å². The number of rotatable bonds is 4. The highest BCUT2D eigenvalue weighted by Gasteiger charge is 2.61. The smallest absolute Gasteiger partial charge is 0.255 e. The van der Waals surface area contributed by atoms with Crippen LogP contribution in [0.3, 0.4) is 0 Å². The lowest BCUT2D eigenvalue weighted by atomic mass is 9.61. The highest BCUT2D eigenvalue weighted by atomic mass is 35.5. The maximum Gasteiger partial charge on any atom is 0.255 e. The highest BCUT2D eigenvalue weighted by Crippen LogP contribution is 2.54.